The quantitative estimate of drug-likeness (QED) is 0.807. The van der Waals surface area contributed by atoms with E-state index in [1.54, 1.807) is 6.92 Å². The molecule has 1 aromatic heterocycles. The maximum absolute atomic E-state index is 12.2. The van der Waals surface area contributed by atoms with E-state index in [0.717, 1.165) is 11.5 Å². The lowest BCUT2D eigenvalue weighted by atomic mass is 10.1. The number of rotatable bonds is 2. The van der Waals surface area contributed by atoms with Gasteiger partial charge in [-0.3, -0.25) is 4.79 Å². The largest absolute Gasteiger partial charge is 0.336 e. The van der Waals surface area contributed by atoms with Crippen LogP contribution in [0.25, 0.3) is 0 Å². The molecule has 9 heteroatoms. The summed E-state index contributed by atoms with van der Waals surface area (Å²) in [5, 5.41) is 8.24. The van der Waals surface area contributed by atoms with Crippen molar-refractivity contribution in [3.05, 3.63) is 10.6 Å². The van der Waals surface area contributed by atoms with E-state index in [0.29, 0.717) is 30.0 Å². The number of nitrogens with zero attached hydrogens (tertiary/aromatic N) is 3. The van der Waals surface area contributed by atoms with Crippen molar-refractivity contribution in [3.63, 3.8) is 0 Å². The van der Waals surface area contributed by atoms with Crippen LogP contribution < -0.4 is 5.14 Å². The fraction of sp³-hybridized carbons (Fsp3) is 0.667. The summed E-state index contributed by atoms with van der Waals surface area (Å²) in [6, 6.07) is 0. The number of aryl methyl sites for hydroxylation is 1. The lowest BCUT2D eigenvalue weighted by Gasteiger charge is -2.31. The zero-order chi connectivity index (χ0) is 13.3. The molecule has 0 bridgehead atoms. The van der Waals surface area contributed by atoms with Crippen LogP contribution in [0.15, 0.2) is 0 Å². The number of piperidine rings is 1. The van der Waals surface area contributed by atoms with Crippen molar-refractivity contribution in [2.75, 3.05) is 13.1 Å². The van der Waals surface area contributed by atoms with E-state index in [4.69, 9.17) is 5.14 Å². The molecule has 0 aliphatic carbocycles. The summed E-state index contributed by atoms with van der Waals surface area (Å²) >= 11 is 1.03. The Labute approximate surface area is 109 Å². The number of carbonyl (C=O) groups excluding carboxylic acids is 1. The predicted octanol–water partition coefficient (Wildman–Crippen LogP) is -0.260. The van der Waals surface area contributed by atoms with Gasteiger partial charge in [-0.05, 0) is 31.3 Å². The highest BCUT2D eigenvalue weighted by Gasteiger charge is 2.32. The Morgan fingerprint density at radius 1 is 1.56 bits per heavy atom. The first-order valence-corrected chi connectivity index (χ1v) is 7.87. The molecule has 1 saturated heterocycles. The Kier molecular flexibility index (Phi) is 3.64. The van der Waals surface area contributed by atoms with Crippen molar-refractivity contribution in [1.29, 1.82) is 0 Å². The van der Waals surface area contributed by atoms with Gasteiger partial charge in [0.25, 0.3) is 5.91 Å². The molecule has 1 atom stereocenters. The first-order chi connectivity index (χ1) is 8.39. The topological polar surface area (TPSA) is 106 Å². The third-order valence-corrected chi connectivity index (χ3v) is 5.11. The molecule has 1 aromatic rings. The van der Waals surface area contributed by atoms with Crippen LogP contribution in [0.5, 0.6) is 0 Å². The van der Waals surface area contributed by atoms with Gasteiger partial charge in [-0.25, -0.2) is 13.6 Å². The van der Waals surface area contributed by atoms with Gasteiger partial charge in [0.2, 0.25) is 10.0 Å². The Morgan fingerprint density at radius 3 is 2.83 bits per heavy atom. The molecular formula is C9H14N4O3S2. The number of carbonyl (C=O) groups is 1. The molecule has 1 unspecified atom stereocenters. The van der Waals surface area contributed by atoms with Gasteiger partial charge in [-0.2, -0.15) is 0 Å². The molecule has 1 fully saturated rings. The molecule has 0 radical (unpaired) electrons. The molecule has 18 heavy (non-hydrogen) atoms. The second-order valence-corrected chi connectivity index (χ2v) is 6.89. The van der Waals surface area contributed by atoms with Crippen molar-refractivity contribution in [2.45, 2.75) is 25.0 Å². The van der Waals surface area contributed by atoms with Gasteiger partial charge in [-0.15, -0.1) is 5.10 Å². The molecule has 1 amide bonds. The summed E-state index contributed by atoms with van der Waals surface area (Å²) in [6.07, 6.45) is 1.14. The molecule has 100 valence electrons. The number of nitrogens with two attached hydrogens (primary N) is 1. The van der Waals surface area contributed by atoms with E-state index in [1.807, 2.05) is 0 Å². The standard InChI is InChI=1S/C9H14N4O3S2/c1-6-8(17-12-11-6)9(14)13-4-2-3-7(5-13)18(10,15)16/h7H,2-5H2,1H3,(H2,10,15,16). The molecule has 0 spiro atoms. The van der Waals surface area contributed by atoms with Crippen LogP contribution in [-0.4, -0.2) is 47.2 Å². The number of aromatic nitrogens is 2. The van der Waals surface area contributed by atoms with Crippen molar-refractivity contribution in [1.82, 2.24) is 14.5 Å². The van der Waals surface area contributed by atoms with Gasteiger partial charge in [-0.1, -0.05) is 4.49 Å². The molecular weight excluding hydrogens is 276 g/mol. The molecule has 2 heterocycles. The van der Waals surface area contributed by atoms with Gasteiger partial charge in [0.1, 0.15) is 4.88 Å². The fourth-order valence-electron chi connectivity index (χ4n) is 1.96. The van der Waals surface area contributed by atoms with Gasteiger partial charge in [0, 0.05) is 13.1 Å². The summed E-state index contributed by atoms with van der Waals surface area (Å²) in [6.45, 7) is 2.40. The van der Waals surface area contributed by atoms with E-state index in [2.05, 4.69) is 9.59 Å². The highest BCUT2D eigenvalue weighted by Crippen LogP contribution is 2.19. The maximum atomic E-state index is 12.2. The van der Waals surface area contributed by atoms with Gasteiger partial charge in [0.15, 0.2) is 0 Å². The molecule has 2 rings (SSSR count). The second-order valence-electron chi connectivity index (χ2n) is 4.29. The van der Waals surface area contributed by atoms with Crippen molar-refractivity contribution in [3.8, 4) is 0 Å². The van der Waals surface area contributed by atoms with Crippen LogP contribution in [0, 0.1) is 6.92 Å². The van der Waals surface area contributed by atoms with E-state index in [-0.39, 0.29) is 12.5 Å². The Balaban J connectivity index is 2.15. The smallest absolute Gasteiger partial charge is 0.267 e. The Bertz CT molecular complexity index is 554. The third-order valence-electron chi connectivity index (χ3n) is 2.98. The zero-order valence-corrected chi connectivity index (χ0v) is 11.5. The SMILES string of the molecule is Cc1nnsc1C(=O)N1CCCC(S(N)(=O)=O)C1. The highest BCUT2D eigenvalue weighted by atomic mass is 32.2. The number of amides is 1. The maximum Gasteiger partial charge on any atom is 0.267 e. The average molecular weight is 290 g/mol. The van der Waals surface area contributed by atoms with E-state index >= 15 is 0 Å². The number of hydrogen-bond donors (Lipinski definition) is 1. The number of likely N-dealkylation sites (tertiary alicyclic amines) is 1. The minimum Gasteiger partial charge on any atom is -0.336 e. The minimum absolute atomic E-state index is 0.148. The monoisotopic (exact) mass is 290 g/mol. The van der Waals surface area contributed by atoms with Crippen LogP contribution in [0.3, 0.4) is 0 Å². The first-order valence-electron chi connectivity index (χ1n) is 5.49. The fourth-order valence-corrected chi connectivity index (χ4v) is 3.47. The van der Waals surface area contributed by atoms with Crippen LogP contribution in [0.1, 0.15) is 28.2 Å². The molecule has 0 aromatic carbocycles. The summed E-state index contributed by atoms with van der Waals surface area (Å²) < 4.78 is 26.4. The van der Waals surface area contributed by atoms with Crippen LogP contribution >= 0.6 is 11.5 Å². The van der Waals surface area contributed by atoms with Crippen molar-refractivity contribution < 1.29 is 13.2 Å². The molecule has 2 N–H and O–H groups in total. The Morgan fingerprint density at radius 2 is 2.28 bits per heavy atom. The summed E-state index contributed by atoms with van der Waals surface area (Å²) in [5.74, 6) is -0.212. The van der Waals surface area contributed by atoms with E-state index in [9.17, 15) is 13.2 Å². The lowest BCUT2D eigenvalue weighted by molar-refractivity contribution is 0.0731. The van der Waals surface area contributed by atoms with E-state index in [1.165, 1.54) is 4.90 Å². The van der Waals surface area contributed by atoms with Gasteiger partial charge < -0.3 is 4.90 Å². The Hall–Kier alpha value is -1.06. The number of primary sulfonamides is 1. The summed E-state index contributed by atoms with van der Waals surface area (Å²) in [5.41, 5.74) is 0.572. The number of hydrogen-bond acceptors (Lipinski definition) is 6. The lowest BCUT2D eigenvalue weighted by Crippen LogP contribution is -2.47. The highest BCUT2D eigenvalue weighted by molar-refractivity contribution is 7.89. The summed E-state index contributed by atoms with van der Waals surface area (Å²) in [7, 11) is -3.59. The van der Waals surface area contributed by atoms with Gasteiger partial charge >= 0.3 is 0 Å². The zero-order valence-electron chi connectivity index (χ0n) is 9.87. The van der Waals surface area contributed by atoms with Gasteiger partial charge in [0.05, 0.1) is 10.9 Å². The average Bonchev–Trinajstić information content (AvgIpc) is 2.73. The molecule has 7 nitrogen and oxygen atoms in total. The third kappa shape index (κ3) is 2.68. The number of sulfonamides is 1. The summed E-state index contributed by atoms with van der Waals surface area (Å²) in [4.78, 5) is 14.2. The van der Waals surface area contributed by atoms with E-state index < -0.39 is 15.3 Å². The molecule has 1 aliphatic heterocycles. The van der Waals surface area contributed by atoms with Crippen molar-refractivity contribution >= 4 is 27.5 Å². The second kappa shape index (κ2) is 4.90. The normalized spacial score (nSPS) is 21.0. The first kappa shape index (κ1) is 13.4. The van der Waals surface area contributed by atoms with Crippen LogP contribution in [-0.2, 0) is 10.0 Å². The predicted molar refractivity (Wildman–Crippen MR) is 66.7 cm³/mol. The van der Waals surface area contributed by atoms with Crippen LogP contribution in [0.4, 0.5) is 0 Å². The van der Waals surface area contributed by atoms with Crippen molar-refractivity contribution in [2.24, 2.45) is 5.14 Å². The molecule has 0 saturated carbocycles. The minimum atomic E-state index is -3.59. The van der Waals surface area contributed by atoms with Crippen LogP contribution in [0.2, 0.25) is 0 Å². The molecule has 1 aliphatic rings.